The van der Waals surface area contributed by atoms with E-state index in [0.29, 0.717) is 11.6 Å². The van der Waals surface area contributed by atoms with Crippen molar-refractivity contribution in [2.75, 3.05) is 5.84 Å². The van der Waals surface area contributed by atoms with Crippen LogP contribution in [0.1, 0.15) is 12.7 Å². The van der Waals surface area contributed by atoms with Crippen molar-refractivity contribution in [2.45, 2.75) is 13.3 Å². The third kappa shape index (κ3) is 2.32. The van der Waals surface area contributed by atoms with Gasteiger partial charge in [-0.3, -0.25) is 4.79 Å². The number of aromatic nitrogens is 3. The van der Waals surface area contributed by atoms with Gasteiger partial charge in [0.15, 0.2) is 11.6 Å². The Balaban J connectivity index is 2.27. The molecule has 2 rings (SSSR count). The van der Waals surface area contributed by atoms with E-state index in [0.717, 1.165) is 5.56 Å². The van der Waals surface area contributed by atoms with E-state index in [1.165, 1.54) is 4.68 Å². The average molecular weight is 246 g/mol. The van der Waals surface area contributed by atoms with Gasteiger partial charge in [-0.25, -0.2) is 4.68 Å². The summed E-state index contributed by atoms with van der Waals surface area (Å²) in [6.07, 6.45) is 0.256. The van der Waals surface area contributed by atoms with Gasteiger partial charge in [0.25, 0.3) is 0 Å². The lowest BCUT2D eigenvalue weighted by Gasteiger charge is -2.06. The minimum Gasteiger partial charge on any atom is -0.481 e. The van der Waals surface area contributed by atoms with Gasteiger partial charge in [0.2, 0.25) is 0 Å². The number of nitrogens with two attached hydrogens (primary N) is 1. The molecule has 6 heteroatoms. The zero-order valence-electron chi connectivity index (χ0n) is 9.95. The summed E-state index contributed by atoms with van der Waals surface area (Å²) in [6, 6.07) is 9.40. The number of nitrogen functional groups attached to an aromatic ring is 1. The molecular formula is C12H14N4O2. The Kier molecular flexibility index (Phi) is 3.27. The lowest BCUT2D eigenvalue weighted by Crippen LogP contribution is -2.19. The molecule has 0 amide bonds. The van der Waals surface area contributed by atoms with E-state index in [1.807, 2.05) is 30.3 Å². The Morgan fingerprint density at radius 1 is 1.39 bits per heavy atom. The number of carboxylic acid groups (broad SMARTS) is 1. The molecule has 0 aliphatic carbocycles. The molecule has 1 heterocycles. The van der Waals surface area contributed by atoms with Crippen molar-refractivity contribution in [3.8, 4) is 11.4 Å². The first-order valence-electron chi connectivity index (χ1n) is 5.57. The first kappa shape index (κ1) is 12.1. The molecule has 18 heavy (non-hydrogen) atoms. The highest BCUT2D eigenvalue weighted by Gasteiger charge is 2.18. The molecular weight excluding hydrogens is 232 g/mol. The van der Waals surface area contributed by atoms with Crippen LogP contribution in [-0.2, 0) is 11.2 Å². The maximum Gasteiger partial charge on any atom is 0.306 e. The van der Waals surface area contributed by atoms with Crippen LogP contribution in [0.25, 0.3) is 11.4 Å². The SMILES string of the molecule is C[C@H](Cc1nnc(-c2ccccc2)n1N)C(=O)O. The number of carbonyl (C=O) groups is 1. The van der Waals surface area contributed by atoms with Crippen LogP contribution in [0.3, 0.4) is 0 Å². The van der Waals surface area contributed by atoms with E-state index in [4.69, 9.17) is 10.9 Å². The van der Waals surface area contributed by atoms with Gasteiger partial charge in [0, 0.05) is 12.0 Å². The van der Waals surface area contributed by atoms with Crippen LogP contribution in [0, 0.1) is 5.92 Å². The monoisotopic (exact) mass is 246 g/mol. The summed E-state index contributed by atoms with van der Waals surface area (Å²) in [4.78, 5) is 10.8. The van der Waals surface area contributed by atoms with E-state index in [1.54, 1.807) is 6.92 Å². The average Bonchev–Trinajstić information content (AvgIpc) is 2.72. The molecule has 0 radical (unpaired) electrons. The molecule has 0 spiro atoms. The van der Waals surface area contributed by atoms with E-state index in [-0.39, 0.29) is 6.42 Å². The molecule has 1 aromatic carbocycles. The highest BCUT2D eigenvalue weighted by atomic mass is 16.4. The van der Waals surface area contributed by atoms with Crippen molar-refractivity contribution >= 4 is 5.97 Å². The fourth-order valence-electron chi connectivity index (χ4n) is 1.61. The van der Waals surface area contributed by atoms with Crippen molar-refractivity contribution in [3.05, 3.63) is 36.2 Å². The standard InChI is InChI=1S/C12H14N4O2/c1-8(12(17)18)7-10-14-15-11(16(10)13)9-5-3-2-4-6-9/h2-6,8H,7,13H2,1H3,(H,17,18)/t8-/m1/s1. The molecule has 1 aromatic heterocycles. The lowest BCUT2D eigenvalue weighted by molar-refractivity contribution is -0.141. The van der Waals surface area contributed by atoms with Crippen LogP contribution in [0.4, 0.5) is 0 Å². The van der Waals surface area contributed by atoms with Gasteiger partial charge in [-0.1, -0.05) is 37.3 Å². The molecule has 1 atom stereocenters. The number of benzene rings is 1. The number of hydrogen-bond acceptors (Lipinski definition) is 4. The second-order valence-electron chi connectivity index (χ2n) is 4.12. The quantitative estimate of drug-likeness (QED) is 0.782. The summed E-state index contributed by atoms with van der Waals surface area (Å²) in [5, 5.41) is 16.8. The van der Waals surface area contributed by atoms with Gasteiger partial charge >= 0.3 is 5.97 Å². The van der Waals surface area contributed by atoms with Gasteiger partial charge < -0.3 is 10.9 Å². The minimum absolute atomic E-state index is 0.256. The Labute approximate surface area is 104 Å². The van der Waals surface area contributed by atoms with Crippen LogP contribution in [-0.4, -0.2) is 25.9 Å². The lowest BCUT2D eigenvalue weighted by atomic mass is 10.1. The second kappa shape index (κ2) is 4.87. The molecule has 0 bridgehead atoms. The summed E-state index contributed by atoms with van der Waals surface area (Å²) in [7, 11) is 0. The summed E-state index contributed by atoms with van der Waals surface area (Å²) in [5.74, 6) is 5.46. The van der Waals surface area contributed by atoms with E-state index < -0.39 is 11.9 Å². The Hall–Kier alpha value is -2.37. The van der Waals surface area contributed by atoms with Crippen LogP contribution in [0.5, 0.6) is 0 Å². The first-order chi connectivity index (χ1) is 8.59. The third-order valence-corrected chi connectivity index (χ3v) is 2.71. The van der Waals surface area contributed by atoms with Gasteiger partial charge in [-0.15, -0.1) is 10.2 Å². The third-order valence-electron chi connectivity index (χ3n) is 2.71. The summed E-state index contributed by atoms with van der Waals surface area (Å²) in [5.41, 5.74) is 0.849. The van der Waals surface area contributed by atoms with E-state index in [2.05, 4.69) is 10.2 Å². The van der Waals surface area contributed by atoms with Crippen LogP contribution in [0.15, 0.2) is 30.3 Å². The molecule has 94 valence electrons. The molecule has 0 unspecified atom stereocenters. The summed E-state index contributed by atoms with van der Waals surface area (Å²) in [6.45, 7) is 1.61. The minimum atomic E-state index is -0.876. The Morgan fingerprint density at radius 2 is 2.06 bits per heavy atom. The first-order valence-corrected chi connectivity index (χ1v) is 5.57. The van der Waals surface area contributed by atoms with Crippen molar-refractivity contribution in [1.29, 1.82) is 0 Å². The smallest absolute Gasteiger partial charge is 0.306 e. The van der Waals surface area contributed by atoms with Gasteiger partial charge in [0.1, 0.15) is 0 Å². The fraction of sp³-hybridized carbons (Fsp3) is 0.250. The molecule has 0 aliphatic heterocycles. The molecule has 0 saturated heterocycles. The van der Waals surface area contributed by atoms with E-state index in [9.17, 15) is 4.79 Å². The molecule has 0 aliphatic rings. The maximum absolute atomic E-state index is 10.8. The largest absolute Gasteiger partial charge is 0.481 e. The molecule has 0 fully saturated rings. The van der Waals surface area contributed by atoms with Crippen molar-refractivity contribution in [1.82, 2.24) is 14.9 Å². The van der Waals surface area contributed by atoms with Gasteiger partial charge in [0.05, 0.1) is 5.92 Å². The predicted octanol–water partition coefficient (Wildman–Crippen LogP) is 0.922. The number of nitrogens with zero attached hydrogens (tertiary/aromatic N) is 3. The summed E-state index contributed by atoms with van der Waals surface area (Å²) < 4.78 is 1.34. The van der Waals surface area contributed by atoms with Gasteiger partial charge in [-0.2, -0.15) is 0 Å². The zero-order valence-corrected chi connectivity index (χ0v) is 9.95. The van der Waals surface area contributed by atoms with E-state index >= 15 is 0 Å². The normalized spacial score (nSPS) is 12.3. The highest BCUT2D eigenvalue weighted by molar-refractivity contribution is 5.69. The van der Waals surface area contributed by atoms with Gasteiger partial charge in [-0.05, 0) is 0 Å². The molecule has 6 nitrogen and oxygen atoms in total. The maximum atomic E-state index is 10.8. The Bertz CT molecular complexity index is 550. The molecule has 0 saturated carbocycles. The van der Waals surface area contributed by atoms with Crippen molar-refractivity contribution in [2.24, 2.45) is 5.92 Å². The summed E-state index contributed by atoms with van der Waals surface area (Å²) >= 11 is 0. The molecule has 3 N–H and O–H groups in total. The number of rotatable bonds is 4. The number of aliphatic carboxylic acids is 1. The topological polar surface area (TPSA) is 94.0 Å². The fourth-order valence-corrected chi connectivity index (χ4v) is 1.61. The molecule has 2 aromatic rings. The van der Waals surface area contributed by atoms with Crippen LogP contribution in [0.2, 0.25) is 0 Å². The highest BCUT2D eigenvalue weighted by Crippen LogP contribution is 2.16. The van der Waals surface area contributed by atoms with Crippen molar-refractivity contribution in [3.63, 3.8) is 0 Å². The van der Waals surface area contributed by atoms with Crippen LogP contribution >= 0.6 is 0 Å². The van der Waals surface area contributed by atoms with Crippen LogP contribution < -0.4 is 5.84 Å². The second-order valence-corrected chi connectivity index (χ2v) is 4.12. The predicted molar refractivity (Wildman–Crippen MR) is 66.1 cm³/mol. The number of carboxylic acids is 1. The number of hydrogen-bond donors (Lipinski definition) is 2. The Morgan fingerprint density at radius 3 is 2.67 bits per heavy atom. The zero-order chi connectivity index (χ0) is 13.1. The van der Waals surface area contributed by atoms with Crippen molar-refractivity contribution < 1.29 is 9.90 Å².